The lowest BCUT2D eigenvalue weighted by Crippen LogP contribution is -2.40. The molecule has 1 aliphatic heterocycles. The van der Waals surface area contributed by atoms with Crippen LogP contribution in [-0.2, 0) is 0 Å². The molecule has 0 amide bonds. The minimum absolute atomic E-state index is 0.767. The van der Waals surface area contributed by atoms with Gasteiger partial charge in [0.25, 0.3) is 0 Å². The van der Waals surface area contributed by atoms with E-state index in [4.69, 9.17) is 0 Å². The first-order valence-corrected chi connectivity index (χ1v) is 5.58. The van der Waals surface area contributed by atoms with Crippen LogP contribution in [0.4, 0.5) is 0 Å². The Morgan fingerprint density at radius 1 is 1.23 bits per heavy atom. The Bertz CT molecular complexity index is 111. The minimum Gasteiger partial charge on any atom is -0.317 e. The van der Waals surface area contributed by atoms with Gasteiger partial charge in [0.1, 0.15) is 0 Å². The van der Waals surface area contributed by atoms with Crippen LogP contribution in [0.1, 0.15) is 26.2 Å². The third-order valence-electron chi connectivity index (χ3n) is 2.55. The maximum atomic E-state index is 3.60. The largest absolute Gasteiger partial charge is 0.317 e. The zero-order valence-corrected chi connectivity index (χ0v) is 8.73. The van der Waals surface area contributed by atoms with Gasteiger partial charge in [-0.15, -0.1) is 0 Å². The van der Waals surface area contributed by atoms with Gasteiger partial charge in [-0.1, -0.05) is 6.92 Å². The molecule has 0 spiro atoms. The van der Waals surface area contributed by atoms with Gasteiger partial charge in [0.2, 0.25) is 0 Å². The summed E-state index contributed by atoms with van der Waals surface area (Å²) >= 11 is 0. The molecule has 1 aliphatic rings. The fourth-order valence-corrected chi connectivity index (χ4v) is 1.72. The summed E-state index contributed by atoms with van der Waals surface area (Å²) in [5.74, 6) is 0. The summed E-state index contributed by atoms with van der Waals surface area (Å²) in [4.78, 5) is 0. The van der Waals surface area contributed by atoms with Crippen molar-refractivity contribution in [1.29, 1.82) is 0 Å². The molecule has 0 aromatic carbocycles. The molecule has 0 aliphatic carbocycles. The predicted octanol–water partition coefficient (Wildman–Crippen LogP) is 0.328. The summed E-state index contributed by atoms with van der Waals surface area (Å²) in [7, 11) is 0. The van der Waals surface area contributed by atoms with Crippen molar-refractivity contribution >= 4 is 0 Å². The van der Waals surface area contributed by atoms with Gasteiger partial charge in [-0.3, -0.25) is 0 Å². The molecule has 13 heavy (non-hydrogen) atoms. The maximum Gasteiger partial charge on any atom is 0.00912 e. The fraction of sp³-hybridized carbons (Fsp3) is 1.00. The fourth-order valence-electron chi connectivity index (χ4n) is 1.72. The average molecular weight is 185 g/mol. The Kier molecular flexibility index (Phi) is 6.15. The van der Waals surface area contributed by atoms with Crippen LogP contribution in [0.2, 0.25) is 0 Å². The van der Waals surface area contributed by atoms with E-state index in [0.29, 0.717) is 0 Å². The van der Waals surface area contributed by atoms with Crippen molar-refractivity contribution in [2.24, 2.45) is 0 Å². The van der Waals surface area contributed by atoms with Gasteiger partial charge in [-0.25, -0.2) is 0 Å². The number of piperidine rings is 1. The summed E-state index contributed by atoms with van der Waals surface area (Å²) in [6.07, 6.45) is 3.83. The SMILES string of the molecule is CCNCCCNC1CCNCC1. The van der Waals surface area contributed by atoms with Gasteiger partial charge >= 0.3 is 0 Å². The van der Waals surface area contributed by atoms with Gasteiger partial charge < -0.3 is 16.0 Å². The van der Waals surface area contributed by atoms with Crippen LogP contribution in [0.3, 0.4) is 0 Å². The van der Waals surface area contributed by atoms with E-state index in [1.807, 2.05) is 0 Å². The lowest BCUT2D eigenvalue weighted by atomic mass is 10.1. The average Bonchev–Trinajstić information content (AvgIpc) is 2.19. The molecule has 1 fully saturated rings. The summed E-state index contributed by atoms with van der Waals surface area (Å²) in [6.45, 7) is 7.93. The highest BCUT2D eigenvalue weighted by molar-refractivity contribution is 4.73. The Morgan fingerprint density at radius 3 is 2.69 bits per heavy atom. The van der Waals surface area contributed by atoms with Gasteiger partial charge in [0.15, 0.2) is 0 Å². The Morgan fingerprint density at radius 2 is 2.00 bits per heavy atom. The lowest BCUT2D eigenvalue weighted by Gasteiger charge is -2.23. The van der Waals surface area contributed by atoms with Crippen LogP contribution >= 0.6 is 0 Å². The van der Waals surface area contributed by atoms with Crippen molar-refractivity contribution in [1.82, 2.24) is 16.0 Å². The zero-order valence-electron chi connectivity index (χ0n) is 8.73. The van der Waals surface area contributed by atoms with Crippen LogP contribution in [0, 0.1) is 0 Å². The van der Waals surface area contributed by atoms with Gasteiger partial charge in [0.05, 0.1) is 0 Å². The molecule has 3 heteroatoms. The molecule has 1 heterocycles. The smallest absolute Gasteiger partial charge is 0.00912 e. The normalized spacial score (nSPS) is 19.2. The molecule has 0 radical (unpaired) electrons. The molecule has 3 N–H and O–H groups in total. The lowest BCUT2D eigenvalue weighted by molar-refractivity contribution is 0.385. The molecule has 3 nitrogen and oxygen atoms in total. The van der Waals surface area contributed by atoms with Crippen LogP contribution in [-0.4, -0.2) is 38.8 Å². The number of hydrogen-bond acceptors (Lipinski definition) is 3. The van der Waals surface area contributed by atoms with Crippen molar-refractivity contribution in [2.45, 2.75) is 32.2 Å². The highest BCUT2D eigenvalue weighted by Crippen LogP contribution is 2.01. The van der Waals surface area contributed by atoms with E-state index in [0.717, 1.165) is 25.7 Å². The third-order valence-corrected chi connectivity index (χ3v) is 2.55. The van der Waals surface area contributed by atoms with Crippen molar-refractivity contribution < 1.29 is 0 Å². The Labute approximate surface area is 81.7 Å². The number of rotatable bonds is 6. The quantitative estimate of drug-likeness (QED) is 0.522. The van der Waals surface area contributed by atoms with E-state index in [-0.39, 0.29) is 0 Å². The van der Waals surface area contributed by atoms with Crippen LogP contribution in [0.25, 0.3) is 0 Å². The summed E-state index contributed by atoms with van der Waals surface area (Å²) in [5.41, 5.74) is 0. The molecule has 1 saturated heterocycles. The molecule has 0 saturated carbocycles. The monoisotopic (exact) mass is 185 g/mol. The molecule has 0 bridgehead atoms. The first-order chi connectivity index (χ1) is 6.43. The standard InChI is InChI=1S/C10H23N3/c1-2-11-6-3-7-13-10-4-8-12-9-5-10/h10-13H,2-9H2,1H3. The topological polar surface area (TPSA) is 36.1 Å². The Hall–Kier alpha value is -0.120. The van der Waals surface area contributed by atoms with Gasteiger partial charge in [0, 0.05) is 6.04 Å². The second-order valence-electron chi connectivity index (χ2n) is 3.69. The van der Waals surface area contributed by atoms with E-state index in [1.54, 1.807) is 0 Å². The summed E-state index contributed by atoms with van der Waals surface area (Å²) in [5, 5.41) is 10.3. The van der Waals surface area contributed by atoms with Crippen molar-refractivity contribution in [3.8, 4) is 0 Å². The van der Waals surface area contributed by atoms with Gasteiger partial charge in [-0.2, -0.15) is 0 Å². The highest BCUT2D eigenvalue weighted by atomic mass is 15.0. The van der Waals surface area contributed by atoms with Crippen molar-refractivity contribution in [2.75, 3.05) is 32.7 Å². The van der Waals surface area contributed by atoms with E-state index < -0.39 is 0 Å². The van der Waals surface area contributed by atoms with Gasteiger partial charge in [-0.05, 0) is 52.0 Å². The van der Waals surface area contributed by atoms with Crippen molar-refractivity contribution in [3.05, 3.63) is 0 Å². The molecular weight excluding hydrogens is 162 g/mol. The second-order valence-corrected chi connectivity index (χ2v) is 3.69. The number of nitrogens with one attached hydrogen (secondary N) is 3. The highest BCUT2D eigenvalue weighted by Gasteiger charge is 2.10. The maximum absolute atomic E-state index is 3.60. The first kappa shape index (κ1) is 11.0. The molecular formula is C10H23N3. The minimum atomic E-state index is 0.767. The predicted molar refractivity (Wildman–Crippen MR) is 57.1 cm³/mol. The molecule has 0 unspecified atom stereocenters. The second kappa shape index (κ2) is 7.30. The summed E-state index contributed by atoms with van der Waals surface area (Å²) in [6, 6.07) is 0.767. The molecule has 0 aromatic rings. The molecule has 1 rings (SSSR count). The zero-order chi connectivity index (χ0) is 9.36. The van der Waals surface area contributed by atoms with E-state index in [1.165, 1.54) is 32.4 Å². The van der Waals surface area contributed by atoms with Crippen LogP contribution in [0.5, 0.6) is 0 Å². The van der Waals surface area contributed by atoms with E-state index in [2.05, 4.69) is 22.9 Å². The first-order valence-electron chi connectivity index (χ1n) is 5.58. The Balaban J connectivity index is 1.86. The molecule has 0 aromatic heterocycles. The van der Waals surface area contributed by atoms with Crippen LogP contribution < -0.4 is 16.0 Å². The molecule has 0 atom stereocenters. The van der Waals surface area contributed by atoms with E-state index in [9.17, 15) is 0 Å². The van der Waals surface area contributed by atoms with E-state index >= 15 is 0 Å². The number of hydrogen-bond donors (Lipinski definition) is 3. The summed E-state index contributed by atoms with van der Waals surface area (Å²) < 4.78 is 0. The molecule has 78 valence electrons. The third kappa shape index (κ3) is 5.24. The van der Waals surface area contributed by atoms with Crippen molar-refractivity contribution in [3.63, 3.8) is 0 Å². The van der Waals surface area contributed by atoms with Crippen LogP contribution in [0.15, 0.2) is 0 Å².